The molecule has 0 fully saturated rings. The Hall–Kier alpha value is -1.03. The summed E-state index contributed by atoms with van der Waals surface area (Å²) >= 11 is 12.6. The zero-order chi connectivity index (χ0) is 14.0. The van der Waals surface area contributed by atoms with Crippen LogP contribution in [0.5, 0.6) is 0 Å². The molecule has 0 saturated carbocycles. The van der Waals surface area contributed by atoms with Crippen LogP contribution in [0.2, 0.25) is 10.0 Å². The van der Waals surface area contributed by atoms with E-state index in [0.717, 1.165) is 35.7 Å². The van der Waals surface area contributed by atoms with Crippen LogP contribution in [-0.4, -0.2) is 16.3 Å². The number of nitrogens with one attached hydrogen (secondary N) is 1. The minimum absolute atomic E-state index is 0.678. The van der Waals surface area contributed by atoms with Crippen molar-refractivity contribution in [2.24, 2.45) is 0 Å². The molecule has 0 atom stereocenters. The molecule has 0 aliphatic heterocycles. The highest BCUT2D eigenvalue weighted by Gasteiger charge is 2.16. The second-order valence-electron chi connectivity index (χ2n) is 4.42. The van der Waals surface area contributed by atoms with Crippen molar-refractivity contribution in [1.29, 1.82) is 0 Å². The highest BCUT2D eigenvalue weighted by molar-refractivity contribution is 6.33. The lowest BCUT2D eigenvalue weighted by Gasteiger charge is -2.13. The molecule has 2 rings (SSSR count). The van der Waals surface area contributed by atoms with E-state index in [1.165, 1.54) is 0 Å². The van der Waals surface area contributed by atoms with Crippen LogP contribution >= 0.6 is 23.2 Å². The fourth-order valence-corrected chi connectivity index (χ4v) is 2.43. The molecule has 1 heterocycles. The van der Waals surface area contributed by atoms with Crippen molar-refractivity contribution in [1.82, 2.24) is 15.1 Å². The van der Waals surface area contributed by atoms with E-state index in [2.05, 4.69) is 17.3 Å². The van der Waals surface area contributed by atoms with Gasteiger partial charge in [-0.2, -0.15) is 5.10 Å². The molecule has 0 bridgehead atoms. The van der Waals surface area contributed by atoms with E-state index in [9.17, 15) is 0 Å². The fraction of sp³-hybridized carbons (Fsp3) is 0.357. The van der Waals surface area contributed by atoms with E-state index in [1.54, 1.807) is 0 Å². The summed E-state index contributed by atoms with van der Waals surface area (Å²) in [4.78, 5) is 0. The number of aryl methyl sites for hydroxylation is 1. The van der Waals surface area contributed by atoms with Gasteiger partial charge in [-0.25, -0.2) is 4.68 Å². The molecule has 0 amide bonds. The normalized spacial score (nSPS) is 11.0. The summed E-state index contributed by atoms with van der Waals surface area (Å²) in [5.74, 6) is 0. The summed E-state index contributed by atoms with van der Waals surface area (Å²) < 4.78 is 1.83. The predicted molar refractivity (Wildman–Crippen MR) is 80.4 cm³/mol. The Morgan fingerprint density at radius 1 is 1.26 bits per heavy atom. The second kappa shape index (κ2) is 5.95. The topological polar surface area (TPSA) is 29.9 Å². The summed E-state index contributed by atoms with van der Waals surface area (Å²) in [6.45, 7) is 7.58. The average molecular weight is 298 g/mol. The molecular formula is C14H17Cl2N3. The van der Waals surface area contributed by atoms with Gasteiger partial charge in [0.25, 0.3) is 0 Å². The van der Waals surface area contributed by atoms with Gasteiger partial charge in [0.05, 0.1) is 27.1 Å². The smallest absolute Gasteiger partial charge is 0.0880 e. The molecule has 0 saturated heterocycles. The van der Waals surface area contributed by atoms with E-state index in [-0.39, 0.29) is 0 Å². The van der Waals surface area contributed by atoms with Crippen LogP contribution in [0.4, 0.5) is 0 Å². The van der Waals surface area contributed by atoms with Crippen LogP contribution in [0.1, 0.15) is 23.9 Å². The molecule has 0 aliphatic carbocycles. The lowest BCUT2D eigenvalue weighted by Crippen LogP contribution is -2.15. The number of aromatic nitrogens is 2. The zero-order valence-electron chi connectivity index (χ0n) is 11.3. The van der Waals surface area contributed by atoms with Gasteiger partial charge in [0.15, 0.2) is 0 Å². The van der Waals surface area contributed by atoms with E-state index in [4.69, 9.17) is 23.2 Å². The molecule has 2 aromatic rings. The van der Waals surface area contributed by atoms with Crippen molar-refractivity contribution in [2.75, 3.05) is 6.54 Å². The standard InChI is InChI=1S/C14H17Cl2N3/c1-4-17-8-11-6-5-7-12(15)14(11)19-10(3)13(16)9(2)18-19/h5-7,17H,4,8H2,1-3H3. The molecule has 5 heteroatoms. The van der Waals surface area contributed by atoms with E-state index in [1.807, 2.05) is 36.7 Å². The van der Waals surface area contributed by atoms with Crippen molar-refractivity contribution in [3.05, 3.63) is 45.2 Å². The maximum atomic E-state index is 6.34. The van der Waals surface area contributed by atoms with E-state index >= 15 is 0 Å². The first kappa shape index (κ1) is 14.4. The first-order valence-electron chi connectivity index (χ1n) is 6.26. The van der Waals surface area contributed by atoms with E-state index < -0.39 is 0 Å². The number of nitrogens with zero attached hydrogens (tertiary/aromatic N) is 2. The first-order valence-corrected chi connectivity index (χ1v) is 7.02. The monoisotopic (exact) mass is 297 g/mol. The third-order valence-electron chi connectivity index (χ3n) is 3.05. The number of rotatable bonds is 4. The lowest BCUT2D eigenvalue weighted by molar-refractivity contribution is 0.714. The molecule has 0 aliphatic rings. The summed E-state index contributed by atoms with van der Waals surface area (Å²) in [5.41, 5.74) is 3.73. The van der Waals surface area contributed by atoms with Gasteiger partial charge in [0.2, 0.25) is 0 Å². The SMILES string of the molecule is CCNCc1cccc(Cl)c1-n1nc(C)c(Cl)c1C. The molecule has 3 nitrogen and oxygen atoms in total. The molecule has 1 aromatic heterocycles. The zero-order valence-corrected chi connectivity index (χ0v) is 12.8. The Morgan fingerprint density at radius 2 is 2.00 bits per heavy atom. The Morgan fingerprint density at radius 3 is 2.58 bits per heavy atom. The fourth-order valence-electron chi connectivity index (χ4n) is 2.04. The van der Waals surface area contributed by atoms with Crippen LogP contribution in [0, 0.1) is 13.8 Å². The number of halogens is 2. The summed E-state index contributed by atoms with van der Waals surface area (Å²) in [6, 6.07) is 5.87. The maximum Gasteiger partial charge on any atom is 0.0880 e. The van der Waals surface area contributed by atoms with Gasteiger partial charge in [-0.3, -0.25) is 0 Å². The van der Waals surface area contributed by atoms with Crippen LogP contribution in [0.3, 0.4) is 0 Å². The summed E-state index contributed by atoms with van der Waals surface area (Å²) in [5, 5.41) is 9.16. The Bertz CT molecular complexity index is 591. The van der Waals surface area contributed by atoms with Crippen LogP contribution < -0.4 is 5.32 Å². The minimum atomic E-state index is 0.678. The average Bonchev–Trinajstić information content (AvgIpc) is 2.64. The van der Waals surface area contributed by atoms with Crippen LogP contribution in [0.15, 0.2) is 18.2 Å². The molecule has 0 unspecified atom stereocenters. The quantitative estimate of drug-likeness (QED) is 0.927. The predicted octanol–water partition coefficient (Wildman–Crippen LogP) is 3.91. The van der Waals surface area contributed by atoms with Gasteiger partial charge < -0.3 is 5.32 Å². The molecular weight excluding hydrogens is 281 g/mol. The van der Waals surface area contributed by atoms with Gasteiger partial charge in [-0.1, -0.05) is 42.3 Å². The number of benzene rings is 1. The Balaban J connectivity index is 2.56. The largest absolute Gasteiger partial charge is 0.313 e. The van der Waals surface area contributed by atoms with Gasteiger partial charge >= 0.3 is 0 Å². The lowest BCUT2D eigenvalue weighted by atomic mass is 10.1. The highest BCUT2D eigenvalue weighted by Crippen LogP contribution is 2.29. The number of hydrogen-bond donors (Lipinski definition) is 1. The molecule has 102 valence electrons. The molecule has 19 heavy (non-hydrogen) atoms. The van der Waals surface area contributed by atoms with Crippen molar-refractivity contribution in [3.63, 3.8) is 0 Å². The van der Waals surface area contributed by atoms with Crippen LogP contribution in [0.25, 0.3) is 5.69 Å². The minimum Gasteiger partial charge on any atom is -0.313 e. The molecule has 0 radical (unpaired) electrons. The Labute approximate surface area is 123 Å². The molecule has 1 aromatic carbocycles. The summed E-state index contributed by atoms with van der Waals surface area (Å²) in [7, 11) is 0. The first-order chi connectivity index (χ1) is 9.06. The van der Waals surface area contributed by atoms with Gasteiger partial charge in [-0.15, -0.1) is 0 Å². The number of para-hydroxylation sites is 1. The van der Waals surface area contributed by atoms with Crippen molar-refractivity contribution in [3.8, 4) is 5.69 Å². The van der Waals surface area contributed by atoms with Gasteiger partial charge in [-0.05, 0) is 32.0 Å². The number of hydrogen-bond acceptors (Lipinski definition) is 2. The van der Waals surface area contributed by atoms with Crippen molar-refractivity contribution in [2.45, 2.75) is 27.3 Å². The molecule has 1 N–H and O–H groups in total. The van der Waals surface area contributed by atoms with Gasteiger partial charge in [0, 0.05) is 6.54 Å². The summed E-state index contributed by atoms with van der Waals surface area (Å²) in [6.07, 6.45) is 0. The third-order valence-corrected chi connectivity index (χ3v) is 3.90. The Kier molecular flexibility index (Phi) is 4.50. The van der Waals surface area contributed by atoms with Gasteiger partial charge in [0.1, 0.15) is 0 Å². The maximum absolute atomic E-state index is 6.34. The van der Waals surface area contributed by atoms with Crippen LogP contribution in [-0.2, 0) is 6.54 Å². The van der Waals surface area contributed by atoms with E-state index in [0.29, 0.717) is 10.0 Å². The highest BCUT2D eigenvalue weighted by atomic mass is 35.5. The van der Waals surface area contributed by atoms with Crippen molar-refractivity contribution < 1.29 is 0 Å². The second-order valence-corrected chi connectivity index (χ2v) is 5.21. The van der Waals surface area contributed by atoms with Crippen molar-refractivity contribution >= 4 is 23.2 Å². The molecule has 0 spiro atoms. The third kappa shape index (κ3) is 2.78.